The first kappa shape index (κ1) is 11.5. The van der Waals surface area contributed by atoms with Crippen LogP contribution in [0.15, 0.2) is 12.4 Å². The third-order valence-corrected chi connectivity index (χ3v) is 1.37. The minimum Gasteiger partial charge on any atom is -0.478 e. The number of alkyl halides is 3. The Balaban J connectivity index is 2.41. The van der Waals surface area contributed by atoms with Crippen LogP contribution < -0.4 is 0 Å². The topological polar surface area (TPSA) is 64.3 Å². The molecule has 84 valence electrons. The second kappa shape index (κ2) is 4.30. The molecule has 0 fully saturated rings. The van der Waals surface area contributed by atoms with E-state index in [1.165, 1.54) is 0 Å². The van der Waals surface area contributed by atoms with Crippen LogP contribution in [0.3, 0.4) is 0 Å². The summed E-state index contributed by atoms with van der Waals surface area (Å²) in [6.07, 6.45) is -2.29. The first-order valence-corrected chi connectivity index (χ1v) is 3.79. The third kappa shape index (κ3) is 3.98. The van der Waals surface area contributed by atoms with Gasteiger partial charge in [-0.3, -0.25) is 0 Å². The second-order valence-corrected chi connectivity index (χ2v) is 2.67. The van der Waals surface area contributed by atoms with Gasteiger partial charge < -0.3 is 9.84 Å². The van der Waals surface area contributed by atoms with Gasteiger partial charge in [-0.15, -0.1) is 0 Å². The van der Waals surface area contributed by atoms with Crippen molar-refractivity contribution in [1.82, 2.24) is 9.78 Å². The molecule has 0 saturated heterocycles. The molecule has 0 saturated carbocycles. The minimum atomic E-state index is -4.40. The molecule has 1 aromatic heterocycles. The monoisotopic (exact) mass is 224 g/mol. The van der Waals surface area contributed by atoms with E-state index in [0.717, 1.165) is 17.1 Å². The van der Waals surface area contributed by atoms with E-state index >= 15 is 0 Å². The number of halogens is 3. The molecule has 8 heteroatoms. The van der Waals surface area contributed by atoms with Crippen molar-refractivity contribution < 1.29 is 27.8 Å². The van der Waals surface area contributed by atoms with E-state index in [1.807, 2.05) is 0 Å². The van der Waals surface area contributed by atoms with Gasteiger partial charge in [0.1, 0.15) is 13.3 Å². The maximum Gasteiger partial charge on any atom is 0.411 e. The summed E-state index contributed by atoms with van der Waals surface area (Å²) in [4.78, 5) is 10.4. The Morgan fingerprint density at radius 2 is 2.27 bits per heavy atom. The standard InChI is InChI=1S/C7H7F3N2O3/c8-7(9,10)3-15-4-12-2-5(1-11-12)6(13)14/h1-2H,3-4H2,(H,13,14). The average molecular weight is 224 g/mol. The Morgan fingerprint density at radius 1 is 1.60 bits per heavy atom. The van der Waals surface area contributed by atoms with Crippen LogP contribution in [0.4, 0.5) is 13.2 Å². The lowest BCUT2D eigenvalue weighted by atomic mass is 10.4. The van der Waals surface area contributed by atoms with E-state index in [0.29, 0.717) is 0 Å². The zero-order valence-corrected chi connectivity index (χ0v) is 7.36. The zero-order valence-electron chi connectivity index (χ0n) is 7.36. The molecule has 0 aliphatic heterocycles. The molecule has 1 aromatic rings. The van der Waals surface area contributed by atoms with Crippen LogP contribution in [0.5, 0.6) is 0 Å². The Labute approximate surface area is 82.1 Å². The molecule has 0 amide bonds. The van der Waals surface area contributed by atoms with Crippen molar-refractivity contribution in [3.63, 3.8) is 0 Å². The number of carbonyl (C=O) groups is 1. The number of hydrogen-bond donors (Lipinski definition) is 1. The van der Waals surface area contributed by atoms with Gasteiger partial charge in [-0.2, -0.15) is 18.3 Å². The van der Waals surface area contributed by atoms with Gasteiger partial charge in [0.25, 0.3) is 0 Å². The van der Waals surface area contributed by atoms with Crippen LogP contribution in [0.1, 0.15) is 10.4 Å². The molecule has 15 heavy (non-hydrogen) atoms. The van der Waals surface area contributed by atoms with E-state index < -0.39 is 25.5 Å². The molecule has 0 spiro atoms. The molecule has 5 nitrogen and oxygen atoms in total. The van der Waals surface area contributed by atoms with Crippen LogP contribution in [0.2, 0.25) is 0 Å². The van der Waals surface area contributed by atoms with Crippen molar-refractivity contribution in [3.05, 3.63) is 18.0 Å². The van der Waals surface area contributed by atoms with Gasteiger partial charge in [0, 0.05) is 6.20 Å². The molecule has 0 aliphatic rings. The number of carboxylic acids is 1. The van der Waals surface area contributed by atoms with Crippen LogP contribution in [0, 0.1) is 0 Å². The van der Waals surface area contributed by atoms with E-state index in [4.69, 9.17) is 5.11 Å². The Hall–Kier alpha value is -1.57. The van der Waals surface area contributed by atoms with Gasteiger partial charge in [0.05, 0.1) is 11.8 Å². The number of aromatic nitrogens is 2. The summed E-state index contributed by atoms with van der Waals surface area (Å²) in [5.74, 6) is -1.20. The first-order chi connectivity index (χ1) is 6.88. The largest absolute Gasteiger partial charge is 0.478 e. The Bertz CT molecular complexity index is 347. The van der Waals surface area contributed by atoms with Crippen molar-refractivity contribution in [1.29, 1.82) is 0 Å². The summed E-state index contributed by atoms with van der Waals surface area (Å²) in [5, 5.41) is 12.0. The lowest BCUT2D eigenvalue weighted by Crippen LogP contribution is -2.18. The quantitative estimate of drug-likeness (QED) is 0.832. The molecule has 0 atom stereocenters. The summed E-state index contributed by atoms with van der Waals surface area (Å²) >= 11 is 0. The Morgan fingerprint density at radius 3 is 2.73 bits per heavy atom. The summed E-state index contributed by atoms with van der Waals surface area (Å²) < 4.78 is 40.2. The van der Waals surface area contributed by atoms with Crippen molar-refractivity contribution in [2.45, 2.75) is 12.9 Å². The highest BCUT2D eigenvalue weighted by atomic mass is 19.4. The predicted octanol–water partition coefficient (Wildman–Crippen LogP) is 1.12. The average Bonchev–Trinajstić information content (AvgIpc) is 2.50. The lowest BCUT2D eigenvalue weighted by Gasteiger charge is -2.06. The molecule has 0 bridgehead atoms. The zero-order chi connectivity index (χ0) is 11.5. The van der Waals surface area contributed by atoms with Gasteiger partial charge in [0.15, 0.2) is 0 Å². The van der Waals surface area contributed by atoms with Gasteiger partial charge in [-0.05, 0) is 0 Å². The highest BCUT2D eigenvalue weighted by Gasteiger charge is 2.27. The molecule has 0 aliphatic carbocycles. The van der Waals surface area contributed by atoms with Crippen LogP contribution in [0.25, 0.3) is 0 Å². The molecule has 0 aromatic carbocycles. The van der Waals surface area contributed by atoms with Crippen molar-refractivity contribution in [2.24, 2.45) is 0 Å². The fraction of sp³-hybridized carbons (Fsp3) is 0.429. The van der Waals surface area contributed by atoms with Gasteiger partial charge in [-0.1, -0.05) is 0 Å². The lowest BCUT2D eigenvalue weighted by molar-refractivity contribution is -0.182. The van der Waals surface area contributed by atoms with E-state index in [9.17, 15) is 18.0 Å². The van der Waals surface area contributed by atoms with E-state index in [1.54, 1.807) is 0 Å². The summed E-state index contributed by atoms with van der Waals surface area (Å²) in [5.41, 5.74) is -0.106. The molecular formula is C7H7F3N2O3. The SMILES string of the molecule is O=C(O)c1cnn(COCC(F)(F)F)c1. The molecule has 1 rings (SSSR count). The smallest absolute Gasteiger partial charge is 0.411 e. The molecular weight excluding hydrogens is 217 g/mol. The van der Waals surface area contributed by atoms with Crippen LogP contribution in [-0.4, -0.2) is 33.6 Å². The maximum absolute atomic E-state index is 11.6. The van der Waals surface area contributed by atoms with E-state index in [2.05, 4.69) is 9.84 Å². The number of hydrogen-bond acceptors (Lipinski definition) is 3. The molecule has 1 N–H and O–H groups in total. The van der Waals surface area contributed by atoms with E-state index in [-0.39, 0.29) is 5.56 Å². The highest BCUT2D eigenvalue weighted by Crippen LogP contribution is 2.14. The fourth-order valence-corrected chi connectivity index (χ4v) is 0.800. The summed E-state index contributed by atoms with van der Waals surface area (Å²) in [7, 11) is 0. The summed E-state index contributed by atoms with van der Waals surface area (Å²) in [6.45, 7) is -1.83. The van der Waals surface area contributed by atoms with Crippen LogP contribution >= 0.6 is 0 Å². The minimum absolute atomic E-state index is 0.106. The predicted molar refractivity (Wildman–Crippen MR) is 41.2 cm³/mol. The maximum atomic E-state index is 11.6. The highest BCUT2D eigenvalue weighted by molar-refractivity contribution is 5.86. The normalized spacial score (nSPS) is 11.7. The number of carboxylic acid groups (broad SMARTS) is 1. The molecule has 0 unspecified atom stereocenters. The number of nitrogens with zero attached hydrogens (tertiary/aromatic N) is 2. The second-order valence-electron chi connectivity index (χ2n) is 2.67. The van der Waals surface area contributed by atoms with Gasteiger partial charge in [0.2, 0.25) is 0 Å². The summed E-state index contributed by atoms with van der Waals surface area (Å²) in [6, 6.07) is 0. The van der Waals surface area contributed by atoms with Gasteiger partial charge in [-0.25, -0.2) is 9.48 Å². The molecule has 1 heterocycles. The first-order valence-electron chi connectivity index (χ1n) is 3.79. The Kier molecular flexibility index (Phi) is 3.30. The van der Waals surface area contributed by atoms with Crippen molar-refractivity contribution in [2.75, 3.05) is 6.61 Å². The number of aromatic carboxylic acids is 1. The van der Waals surface area contributed by atoms with Crippen molar-refractivity contribution >= 4 is 5.97 Å². The third-order valence-electron chi connectivity index (χ3n) is 1.37. The fourth-order valence-electron chi connectivity index (χ4n) is 0.800. The number of rotatable bonds is 4. The number of ether oxygens (including phenoxy) is 1. The van der Waals surface area contributed by atoms with Crippen LogP contribution in [-0.2, 0) is 11.5 Å². The van der Waals surface area contributed by atoms with Crippen molar-refractivity contribution in [3.8, 4) is 0 Å². The molecule has 0 radical (unpaired) electrons. The van der Waals surface area contributed by atoms with Gasteiger partial charge >= 0.3 is 12.1 Å².